The molecule has 1 amide bonds. The minimum Gasteiger partial charge on any atom is -0.440 e. The lowest BCUT2D eigenvalue weighted by Crippen LogP contribution is -2.43. The molecule has 0 aromatic carbocycles. The van der Waals surface area contributed by atoms with Gasteiger partial charge in [0.15, 0.2) is 5.88 Å². The van der Waals surface area contributed by atoms with Crippen LogP contribution in [0.3, 0.4) is 0 Å². The van der Waals surface area contributed by atoms with E-state index in [2.05, 4.69) is 20.5 Å². The molecule has 5 rings (SSSR count). The lowest BCUT2D eigenvalue weighted by Gasteiger charge is -2.25. The number of rotatable bonds is 3. The number of aromatic nitrogens is 1. The molecule has 0 unspecified atom stereocenters. The minimum absolute atomic E-state index is 0.120. The molecule has 3 saturated heterocycles. The third kappa shape index (κ3) is 2.77. The predicted octanol–water partition coefficient (Wildman–Crippen LogP) is 1.29. The number of nitrogens with one attached hydrogen (secondary N) is 2. The number of amides is 1. The van der Waals surface area contributed by atoms with Crippen molar-refractivity contribution in [2.75, 3.05) is 31.2 Å². The van der Waals surface area contributed by atoms with E-state index in [1.54, 1.807) is 12.3 Å². The standard InChI is InChI=1S/C18H22N4O3/c23-18(21-14-8-12-1-2-13(14)20-12)15-9-16-11(10-19-15)7-17(25-16)22-3-5-24-6-4-22/h7,9-10,12-14,20H,1-6,8H2,(H,21,23)/t12-,13+,14-/m1/s1. The van der Waals surface area contributed by atoms with E-state index in [-0.39, 0.29) is 11.9 Å². The second-order valence-electron chi connectivity index (χ2n) is 7.15. The maximum atomic E-state index is 12.6. The van der Waals surface area contributed by atoms with Gasteiger partial charge in [-0.2, -0.15) is 0 Å². The molecular weight excluding hydrogens is 320 g/mol. The number of ether oxygens (including phenoxy) is 1. The van der Waals surface area contributed by atoms with Crippen LogP contribution in [0.4, 0.5) is 5.88 Å². The van der Waals surface area contributed by atoms with E-state index in [9.17, 15) is 4.79 Å². The van der Waals surface area contributed by atoms with Gasteiger partial charge in [0.05, 0.1) is 13.2 Å². The average Bonchev–Trinajstić information content (AvgIpc) is 3.36. The van der Waals surface area contributed by atoms with Gasteiger partial charge in [-0.3, -0.25) is 9.78 Å². The highest BCUT2D eigenvalue weighted by Gasteiger charge is 2.39. The summed E-state index contributed by atoms with van der Waals surface area (Å²) in [6, 6.07) is 4.91. The highest BCUT2D eigenvalue weighted by Crippen LogP contribution is 2.29. The summed E-state index contributed by atoms with van der Waals surface area (Å²) in [5.74, 6) is 0.695. The molecule has 7 nitrogen and oxygen atoms in total. The molecule has 0 spiro atoms. The Kier molecular flexibility index (Phi) is 3.64. The predicted molar refractivity (Wildman–Crippen MR) is 92.9 cm³/mol. The van der Waals surface area contributed by atoms with E-state index in [1.807, 2.05) is 6.07 Å². The van der Waals surface area contributed by atoms with Crippen LogP contribution < -0.4 is 15.5 Å². The lowest BCUT2D eigenvalue weighted by molar-refractivity contribution is 0.0926. The van der Waals surface area contributed by atoms with Gasteiger partial charge in [-0.05, 0) is 19.3 Å². The van der Waals surface area contributed by atoms with Crippen LogP contribution in [-0.4, -0.2) is 55.3 Å². The molecule has 3 atom stereocenters. The van der Waals surface area contributed by atoms with Crippen LogP contribution in [0.5, 0.6) is 0 Å². The second-order valence-corrected chi connectivity index (χ2v) is 7.15. The number of pyridine rings is 1. The number of fused-ring (bicyclic) bond motifs is 3. The van der Waals surface area contributed by atoms with Crippen molar-refractivity contribution in [2.45, 2.75) is 37.4 Å². The first-order chi connectivity index (χ1) is 12.3. The van der Waals surface area contributed by atoms with Crippen molar-refractivity contribution in [3.63, 3.8) is 0 Å². The van der Waals surface area contributed by atoms with Crippen LogP contribution in [-0.2, 0) is 4.74 Å². The first-order valence-corrected chi connectivity index (χ1v) is 9.05. The molecule has 0 aliphatic carbocycles. The fourth-order valence-corrected chi connectivity index (χ4v) is 4.21. The van der Waals surface area contributed by atoms with Gasteiger partial charge in [-0.15, -0.1) is 0 Å². The summed E-state index contributed by atoms with van der Waals surface area (Å²) in [5.41, 5.74) is 1.12. The average molecular weight is 342 g/mol. The number of nitrogens with zero attached hydrogens (tertiary/aromatic N) is 2. The Morgan fingerprint density at radius 1 is 1.28 bits per heavy atom. The highest BCUT2D eigenvalue weighted by atomic mass is 16.5. The molecule has 3 fully saturated rings. The molecule has 2 bridgehead atoms. The summed E-state index contributed by atoms with van der Waals surface area (Å²) in [4.78, 5) is 19.0. The third-order valence-electron chi connectivity index (χ3n) is 5.56. The van der Waals surface area contributed by atoms with Gasteiger partial charge in [-0.1, -0.05) is 0 Å². The fourth-order valence-electron chi connectivity index (χ4n) is 4.21. The van der Waals surface area contributed by atoms with Crippen molar-refractivity contribution in [1.29, 1.82) is 0 Å². The van der Waals surface area contributed by atoms with Crippen LogP contribution in [0.15, 0.2) is 22.7 Å². The van der Waals surface area contributed by atoms with Gasteiger partial charge in [-0.25, -0.2) is 0 Å². The summed E-state index contributed by atoms with van der Waals surface area (Å²) in [6.45, 7) is 3.05. The Morgan fingerprint density at radius 3 is 2.92 bits per heavy atom. The second kappa shape index (κ2) is 6.00. The lowest BCUT2D eigenvalue weighted by atomic mass is 9.95. The van der Waals surface area contributed by atoms with Crippen LogP contribution in [0.1, 0.15) is 29.8 Å². The molecular formula is C18H22N4O3. The quantitative estimate of drug-likeness (QED) is 0.875. The van der Waals surface area contributed by atoms with Gasteiger partial charge in [0, 0.05) is 54.9 Å². The van der Waals surface area contributed by atoms with Gasteiger partial charge >= 0.3 is 0 Å². The SMILES string of the molecule is O=C(N[C@@H]1C[C@H]2CC[C@@H]1N2)c1cc2oc(N3CCOCC3)cc2cn1. The zero-order valence-electron chi connectivity index (χ0n) is 14.0. The molecule has 2 aromatic rings. The minimum atomic E-state index is -0.120. The number of furan rings is 1. The Morgan fingerprint density at radius 2 is 2.16 bits per heavy atom. The first kappa shape index (κ1) is 15.2. The smallest absolute Gasteiger partial charge is 0.270 e. The van der Waals surface area contributed by atoms with E-state index in [0.717, 1.165) is 37.2 Å². The number of carbonyl (C=O) groups is 1. The molecule has 0 saturated carbocycles. The monoisotopic (exact) mass is 342 g/mol. The molecule has 132 valence electrons. The van der Waals surface area contributed by atoms with Crippen LogP contribution in [0.2, 0.25) is 0 Å². The zero-order valence-corrected chi connectivity index (χ0v) is 14.0. The third-order valence-corrected chi connectivity index (χ3v) is 5.56. The number of hydrogen-bond donors (Lipinski definition) is 2. The molecule has 2 aromatic heterocycles. The number of hydrogen-bond acceptors (Lipinski definition) is 6. The van der Waals surface area contributed by atoms with Gasteiger partial charge in [0.1, 0.15) is 11.3 Å². The van der Waals surface area contributed by atoms with E-state index in [1.165, 1.54) is 6.42 Å². The van der Waals surface area contributed by atoms with E-state index >= 15 is 0 Å². The molecule has 7 heteroatoms. The van der Waals surface area contributed by atoms with Crippen LogP contribution in [0, 0.1) is 0 Å². The molecule has 3 aliphatic heterocycles. The molecule has 25 heavy (non-hydrogen) atoms. The topological polar surface area (TPSA) is 79.6 Å². The summed E-state index contributed by atoms with van der Waals surface area (Å²) in [7, 11) is 0. The van der Waals surface area contributed by atoms with Gasteiger partial charge in [0.25, 0.3) is 5.91 Å². The molecule has 5 heterocycles. The summed E-state index contributed by atoms with van der Waals surface area (Å²) < 4.78 is 11.3. The van der Waals surface area contributed by atoms with Gasteiger partial charge in [0.2, 0.25) is 0 Å². The maximum absolute atomic E-state index is 12.6. The van der Waals surface area contributed by atoms with Gasteiger partial charge < -0.3 is 24.7 Å². The van der Waals surface area contributed by atoms with Crippen molar-refractivity contribution >= 4 is 22.8 Å². The zero-order chi connectivity index (χ0) is 16.8. The van der Waals surface area contributed by atoms with Crippen molar-refractivity contribution in [3.05, 3.63) is 24.0 Å². The fraction of sp³-hybridized carbons (Fsp3) is 0.556. The first-order valence-electron chi connectivity index (χ1n) is 9.05. The molecule has 2 N–H and O–H groups in total. The normalized spacial score (nSPS) is 28.6. The van der Waals surface area contributed by atoms with E-state index < -0.39 is 0 Å². The van der Waals surface area contributed by atoms with Crippen molar-refractivity contribution in [3.8, 4) is 0 Å². The number of morpholine rings is 1. The molecule has 3 aliphatic rings. The number of carbonyl (C=O) groups excluding carboxylic acids is 1. The van der Waals surface area contributed by atoms with Crippen molar-refractivity contribution < 1.29 is 13.9 Å². The summed E-state index contributed by atoms with van der Waals surface area (Å²) in [5, 5.41) is 7.58. The van der Waals surface area contributed by atoms with Crippen LogP contribution >= 0.6 is 0 Å². The number of anilines is 1. The van der Waals surface area contributed by atoms with Crippen LogP contribution in [0.25, 0.3) is 11.0 Å². The Labute approximate surface area is 145 Å². The van der Waals surface area contributed by atoms with Crippen molar-refractivity contribution in [1.82, 2.24) is 15.6 Å². The Bertz CT molecular complexity index is 799. The largest absolute Gasteiger partial charge is 0.440 e. The van der Waals surface area contributed by atoms with E-state index in [0.29, 0.717) is 36.6 Å². The maximum Gasteiger partial charge on any atom is 0.270 e. The Hall–Kier alpha value is -2.12. The molecule has 0 radical (unpaired) electrons. The summed E-state index contributed by atoms with van der Waals surface area (Å²) in [6.07, 6.45) is 5.10. The van der Waals surface area contributed by atoms with Crippen molar-refractivity contribution in [2.24, 2.45) is 0 Å². The highest BCUT2D eigenvalue weighted by molar-refractivity contribution is 5.96. The Balaban J connectivity index is 1.34. The van der Waals surface area contributed by atoms with E-state index in [4.69, 9.17) is 9.15 Å². The summed E-state index contributed by atoms with van der Waals surface area (Å²) >= 11 is 0.